The van der Waals surface area contributed by atoms with Gasteiger partial charge in [0, 0.05) is 12.8 Å². The second-order valence-electron chi connectivity index (χ2n) is 6.35. The molecule has 2 aromatic heterocycles. The second kappa shape index (κ2) is 10.1. The predicted molar refractivity (Wildman–Crippen MR) is 111 cm³/mol. The number of nitrogens with one attached hydrogen (secondary N) is 1. The van der Waals surface area contributed by atoms with Gasteiger partial charge in [-0.05, 0) is 49.9 Å². The van der Waals surface area contributed by atoms with Crippen LogP contribution in [0.2, 0.25) is 0 Å². The molecule has 1 atom stereocenters. The maximum absolute atomic E-state index is 12.4. The first-order valence-electron chi connectivity index (χ1n) is 9.66. The van der Waals surface area contributed by atoms with Crippen molar-refractivity contribution >= 4 is 17.2 Å². The third-order valence-corrected chi connectivity index (χ3v) is 5.09. The van der Waals surface area contributed by atoms with Crippen LogP contribution in [0.25, 0.3) is 10.7 Å². The predicted octanol–water partition coefficient (Wildman–Crippen LogP) is 4.41. The molecule has 0 aliphatic carbocycles. The lowest BCUT2D eigenvalue weighted by Gasteiger charge is -2.17. The van der Waals surface area contributed by atoms with Crippen LogP contribution in [-0.4, -0.2) is 29.3 Å². The molecule has 29 heavy (non-hydrogen) atoms. The van der Waals surface area contributed by atoms with Crippen molar-refractivity contribution in [3.8, 4) is 22.2 Å². The summed E-state index contributed by atoms with van der Waals surface area (Å²) in [6.07, 6.45) is 0.663. The summed E-state index contributed by atoms with van der Waals surface area (Å²) in [5, 5.41) is 8.92. The van der Waals surface area contributed by atoms with Crippen molar-refractivity contribution in [2.24, 2.45) is 0 Å². The van der Waals surface area contributed by atoms with Gasteiger partial charge < -0.3 is 19.3 Å². The molecule has 2 heterocycles. The van der Waals surface area contributed by atoms with Crippen molar-refractivity contribution in [3.05, 3.63) is 47.2 Å². The maximum Gasteiger partial charge on any atom is 0.227 e. The Morgan fingerprint density at radius 2 is 2.00 bits per heavy atom. The first-order chi connectivity index (χ1) is 14.1. The van der Waals surface area contributed by atoms with Gasteiger partial charge in [-0.1, -0.05) is 17.3 Å². The van der Waals surface area contributed by atoms with E-state index in [1.165, 1.54) is 0 Å². The minimum absolute atomic E-state index is 0.0831. The lowest BCUT2D eigenvalue weighted by atomic mass is 10.1. The van der Waals surface area contributed by atoms with Crippen LogP contribution in [-0.2, 0) is 11.2 Å². The van der Waals surface area contributed by atoms with Crippen LogP contribution in [0, 0.1) is 0 Å². The van der Waals surface area contributed by atoms with Gasteiger partial charge >= 0.3 is 0 Å². The Balaban J connectivity index is 1.55. The van der Waals surface area contributed by atoms with E-state index in [1.54, 1.807) is 11.3 Å². The van der Waals surface area contributed by atoms with Crippen LogP contribution in [0.4, 0.5) is 0 Å². The topological polar surface area (TPSA) is 86.5 Å². The highest BCUT2D eigenvalue weighted by molar-refractivity contribution is 7.13. The van der Waals surface area contributed by atoms with E-state index >= 15 is 0 Å². The number of thiophene rings is 1. The number of carbonyl (C=O) groups is 1. The molecule has 7 nitrogen and oxygen atoms in total. The Bertz CT molecular complexity index is 924. The molecule has 0 aliphatic rings. The number of aromatic nitrogens is 2. The molecule has 1 aromatic carbocycles. The Labute approximate surface area is 174 Å². The molecule has 1 amide bonds. The molecule has 0 bridgehead atoms. The fourth-order valence-corrected chi connectivity index (χ4v) is 3.47. The van der Waals surface area contributed by atoms with Crippen LogP contribution in [0.3, 0.4) is 0 Å². The summed E-state index contributed by atoms with van der Waals surface area (Å²) in [7, 11) is 0. The molecule has 3 rings (SSSR count). The molecular weight excluding hydrogens is 390 g/mol. The smallest absolute Gasteiger partial charge is 0.227 e. The van der Waals surface area contributed by atoms with Gasteiger partial charge in [0.2, 0.25) is 17.6 Å². The molecule has 0 saturated heterocycles. The fourth-order valence-electron chi connectivity index (χ4n) is 2.82. The molecule has 0 unspecified atom stereocenters. The number of nitrogens with zero attached hydrogens (tertiary/aromatic N) is 2. The number of hydrogen-bond acceptors (Lipinski definition) is 7. The van der Waals surface area contributed by atoms with Crippen molar-refractivity contribution in [1.82, 2.24) is 15.5 Å². The highest BCUT2D eigenvalue weighted by Gasteiger charge is 2.15. The molecule has 0 fully saturated rings. The van der Waals surface area contributed by atoms with E-state index in [-0.39, 0.29) is 18.4 Å². The minimum atomic E-state index is -0.165. The Hall–Kier alpha value is -2.87. The van der Waals surface area contributed by atoms with E-state index in [4.69, 9.17) is 14.0 Å². The van der Waals surface area contributed by atoms with Crippen molar-refractivity contribution in [3.63, 3.8) is 0 Å². The summed E-state index contributed by atoms with van der Waals surface area (Å²) in [6.45, 7) is 6.90. The van der Waals surface area contributed by atoms with Crippen LogP contribution in [0.1, 0.15) is 44.7 Å². The number of amides is 1. The third kappa shape index (κ3) is 5.57. The molecule has 0 radical (unpaired) electrons. The van der Waals surface area contributed by atoms with Gasteiger partial charge in [0.25, 0.3) is 0 Å². The summed E-state index contributed by atoms with van der Waals surface area (Å²) >= 11 is 1.54. The zero-order valence-electron chi connectivity index (χ0n) is 16.8. The summed E-state index contributed by atoms with van der Waals surface area (Å²) in [4.78, 5) is 17.6. The van der Waals surface area contributed by atoms with E-state index in [9.17, 15) is 4.79 Å². The summed E-state index contributed by atoms with van der Waals surface area (Å²) in [6, 6.07) is 9.41. The van der Waals surface area contributed by atoms with Gasteiger partial charge in [-0.25, -0.2) is 0 Å². The Morgan fingerprint density at radius 1 is 1.21 bits per heavy atom. The third-order valence-electron chi connectivity index (χ3n) is 4.22. The summed E-state index contributed by atoms with van der Waals surface area (Å²) in [5.41, 5.74) is 0.947. The van der Waals surface area contributed by atoms with E-state index in [0.717, 1.165) is 10.4 Å². The first-order valence-corrected chi connectivity index (χ1v) is 10.5. The standard InChI is InChI=1S/C21H25N3O4S/c1-4-26-16-9-8-15(13-17(16)27-5-2)14(3)22-19(25)10-11-20-23-21(24-28-20)18-7-6-12-29-18/h6-9,12-14H,4-5,10-11H2,1-3H3,(H,22,25)/t14-/m0/s1. The average molecular weight is 416 g/mol. The normalized spacial score (nSPS) is 11.8. The number of hydrogen-bond donors (Lipinski definition) is 1. The molecule has 3 aromatic rings. The van der Waals surface area contributed by atoms with Gasteiger partial charge in [0.05, 0.1) is 24.1 Å². The van der Waals surface area contributed by atoms with E-state index in [1.807, 2.05) is 56.5 Å². The lowest BCUT2D eigenvalue weighted by molar-refractivity contribution is -0.121. The molecule has 0 saturated carbocycles. The molecule has 154 valence electrons. The van der Waals surface area contributed by atoms with Gasteiger partial charge in [0.1, 0.15) is 0 Å². The van der Waals surface area contributed by atoms with E-state index in [2.05, 4.69) is 15.5 Å². The number of rotatable bonds is 10. The first kappa shape index (κ1) is 20.9. The highest BCUT2D eigenvalue weighted by Crippen LogP contribution is 2.30. The summed E-state index contributed by atoms with van der Waals surface area (Å²) < 4.78 is 16.5. The minimum Gasteiger partial charge on any atom is -0.490 e. The zero-order valence-corrected chi connectivity index (χ0v) is 17.6. The van der Waals surface area contributed by atoms with Crippen LogP contribution in [0.5, 0.6) is 11.5 Å². The fraction of sp³-hybridized carbons (Fsp3) is 0.381. The van der Waals surface area contributed by atoms with Crippen LogP contribution < -0.4 is 14.8 Å². The van der Waals surface area contributed by atoms with E-state index in [0.29, 0.717) is 42.8 Å². The molecule has 0 aliphatic heterocycles. The number of ether oxygens (including phenoxy) is 2. The van der Waals surface area contributed by atoms with Gasteiger partial charge in [0.15, 0.2) is 11.5 Å². The maximum atomic E-state index is 12.4. The van der Waals surface area contributed by atoms with Crippen molar-refractivity contribution in [1.29, 1.82) is 0 Å². The van der Waals surface area contributed by atoms with Gasteiger partial charge in [-0.3, -0.25) is 4.79 Å². The van der Waals surface area contributed by atoms with Gasteiger partial charge in [-0.2, -0.15) is 4.98 Å². The van der Waals surface area contributed by atoms with Crippen molar-refractivity contribution in [2.75, 3.05) is 13.2 Å². The Morgan fingerprint density at radius 3 is 2.72 bits per heavy atom. The van der Waals surface area contributed by atoms with Crippen LogP contribution in [0.15, 0.2) is 40.2 Å². The van der Waals surface area contributed by atoms with Crippen molar-refractivity contribution in [2.45, 2.75) is 39.7 Å². The molecule has 8 heteroatoms. The zero-order chi connectivity index (χ0) is 20.6. The number of benzene rings is 1. The monoisotopic (exact) mass is 415 g/mol. The van der Waals surface area contributed by atoms with Gasteiger partial charge in [-0.15, -0.1) is 11.3 Å². The quantitative estimate of drug-likeness (QED) is 0.528. The molecule has 0 spiro atoms. The lowest BCUT2D eigenvalue weighted by Crippen LogP contribution is -2.26. The number of aryl methyl sites for hydroxylation is 1. The largest absolute Gasteiger partial charge is 0.490 e. The van der Waals surface area contributed by atoms with Crippen molar-refractivity contribution < 1.29 is 18.8 Å². The molecule has 1 N–H and O–H groups in total. The SMILES string of the molecule is CCOc1ccc([C@H](C)NC(=O)CCc2nc(-c3cccs3)no2)cc1OCC. The summed E-state index contributed by atoms with van der Waals surface area (Å²) in [5.74, 6) is 2.31. The van der Waals surface area contributed by atoms with Crippen LogP contribution >= 0.6 is 11.3 Å². The Kier molecular flexibility index (Phi) is 7.24. The number of carbonyl (C=O) groups excluding carboxylic acids is 1. The second-order valence-corrected chi connectivity index (χ2v) is 7.30. The average Bonchev–Trinajstić information content (AvgIpc) is 3.40. The van der Waals surface area contributed by atoms with E-state index < -0.39 is 0 Å². The highest BCUT2D eigenvalue weighted by atomic mass is 32.1. The molecular formula is C21H25N3O4S.